The third kappa shape index (κ3) is 5.99. The van der Waals surface area contributed by atoms with E-state index in [-0.39, 0.29) is 5.75 Å². The van der Waals surface area contributed by atoms with Crippen molar-refractivity contribution < 1.29 is 9.53 Å². The van der Waals surface area contributed by atoms with E-state index in [2.05, 4.69) is 29.9 Å². The SMILES string of the molecule is CCCCCc1ccc(OC(=O)c2ccc(-c3ncc(CCC)cn3)cc2)c(C#N)c1. The molecule has 31 heavy (non-hydrogen) atoms. The summed E-state index contributed by atoms with van der Waals surface area (Å²) < 4.78 is 5.50. The molecule has 0 aliphatic carbocycles. The van der Waals surface area contributed by atoms with E-state index < -0.39 is 5.97 Å². The van der Waals surface area contributed by atoms with Crippen molar-refractivity contribution in [2.24, 2.45) is 0 Å². The van der Waals surface area contributed by atoms with Crippen molar-refractivity contribution in [1.29, 1.82) is 5.26 Å². The van der Waals surface area contributed by atoms with Crippen LogP contribution in [0.2, 0.25) is 0 Å². The number of hydrogen-bond acceptors (Lipinski definition) is 5. The van der Waals surface area contributed by atoms with Crippen LogP contribution in [0, 0.1) is 11.3 Å². The van der Waals surface area contributed by atoms with E-state index in [0.29, 0.717) is 17.0 Å². The standard InChI is InChI=1S/C26H27N3O2/c1-3-5-6-8-19-9-14-24(23(15-19)16-27)31-26(30)22-12-10-21(11-13-22)25-28-17-20(7-4-2)18-29-25/h9-15,17-18H,3-8H2,1-2H3. The lowest BCUT2D eigenvalue weighted by atomic mass is 10.0. The summed E-state index contributed by atoms with van der Waals surface area (Å²) in [4.78, 5) is 21.4. The van der Waals surface area contributed by atoms with Gasteiger partial charge in [-0.05, 0) is 54.7 Å². The number of aromatic nitrogens is 2. The van der Waals surface area contributed by atoms with Crippen molar-refractivity contribution in [1.82, 2.24) is 9.97 Å². The fraction of sp³-hybridized carbons (Fsp3) is 0.308. The Morgan fingerprint density at radius 3 is 2.32 bits per heavy atom. The normalized spacial score (nSPS) is 10.5. The second-order valence-corrected chi connectivity index (χ2v) is 7.53. The van der Waals surface area contributed by atoms with Crippen molar-refractivity contribution in [3.63, 3.8) is 0 Å². The summed E-state index contributed by atoms with van der Waals surface area (Å²) in [5.74, 6) is 0.400. The maximum atomic E-state index is 12.6. The van der Waals surface area contributed by atoms with Crippen molar-refractivity contribution in [3.05, 3.63) is 77.1 Å². The summed E-state index contributed by atoms with van der Waals surface area (Å²) in [6.07, 6.45) is 9.98. The summed E-state index contributed by atoms with van der Waals surface area (Å²) in [7, 11) is 0. The van der Waals surface area contributed by atoms with Gasteiger partial charge in [-0.25, -0.2) is 14.8 Å². The largest absolute Gasteiger partial charge is 0.422 e. The van der Waals surface area contributed by atoms with Crippen LogP contribution in [0.15, 0.2) is 54.9 Å². The minimum Gasteiger partial charge on any atom is -0.422 e. The van der Waals surface area contributed by atoms with Crippen molar-refractivity contribution in [2.75, 3.05) is 0 Å². The van der Waals surface area contributed by atoms with Crippen LogP contribution in [0.25, 0.3) is 11.4 Å². The van der Waals surface area contributed by atoms with E-state index in [1.165, 1.54) is 0 Å². The first-order valence-electron chi connectivity index (χ1n) is 10.8. The van der Waals surface area contributed by atoms with Gasteiger partial charge in [0.1, 0.15) is 11.8 Å². The van der Waals surface area contributed by atoms with Gasteiger partial charge in [-0.2, -0.15) is 5.26 Å². The van der Waals surface area contributed by atoms with Gasteiger partial charge in [0.15, 0.2) is 5.82 Å². The summed E-state index contributed by atoms with van der Waals surface area (Å²) in [6.45, 7) is 4.28. The predicted octanol–water partition coefficient (Wildman–Crippen LogP) is 5.92. The number of carbonyl (C=O) groups is 1. The zero-order valence-electron chi connectivity index (χ0n) is 18.1. The zero-order chi connectivity index (χ0) is 22.1. The molecule has 3 aromatic rings. The van der Waals surface area contributed by atoms with Crippen LogP contribution < -0.4 is 4.74 Å². The molecule has 5 nitrogen and oxygen atoms in total. The molecule has 0 fully saturated rings. The molecule has 0 atom stereocenters. The summed E-state index contributed by atoms with van der Waals surface area (Å²) in [5.41, 5.74) is 3.80. The fourth-order valence-corrected chi connectivity index (χ4v) is 3.32. The number of unbranched alkanes of at least 4 members (excludes halogenated alkanes) is 2. The van der Waals surface area contributed by atoms with Crippen LogP contribution in [-0.2, 0) is 12.8 Å². The molecule has 0 saturated carbocycles. The molecule has 2 aromatic carbocycles. The van der Waals surface area contributed by atoms with Crippen LogP contribution >= 0.6 is 0 Å². The van der Waals surface area contributed by atoms with E-state index in [0.717, 1.165) is 55.2 Å². The maximum absolute atomic E-state index is 12.6. The predicted molar refractivity (Wildman–Crippen MR) is 121 cm³/mol. The Bertz CT molecular complexity index is 1050. The number of aryl methyl sites for hydroxylation is 2. The quantitative estimate of drug-likeness (QED) is 0.247. The molecule has 5 heteroatoms. The molecular formula is C26H27N3O2. The average Bonchev–Trinajstić information content (AvgIpc) is 2.81. The van der Waals surface area contributed by atoms with Gasteiger partial charge in [-0.3, -0.25) is 0 Å². The van der Waals surface area contributed by atoms with Crippen LogP contribution in [0.5, 0.6) is 5.75 Å². The molecule has 1 aromatic heterocycles. The number of ether oxygens (including phenoxy) is 1. The molecule has 0 aliphatic rings. The summed E-state index contributed by atoms with van der Waals surface area (Å²) >= 11 is 0. The highest BCUT2D eigenvalue weighted by atomic mass is 16.5. The Hall–Kier alpha value is -3.52. The first kappa shape index (κ1) is 22.2. The summed E-state index contributed by atoms with van der Waals surface area (Å²) in [6, 6.07) is 14.5. The fourth-order valence-electron chi connectivity index (χ4n) is 3.32. The monoisotopic (exact) mass is 413 g/mol. The number of nitrogens with zero attached hydrogens (tertiary/aromatic N) is 3. The lowest BCUT2D eigenvalue weighted by Crippen LogP contribution is -2.09. The highest BCUT2D eigenvalue weighted by Gasteiger charge is 2.13. The Morgan fingerprint density at radius 2 is 1.68 bits per heavy atom. The molecule has 0 amide bonds. The van der Waals surface area contributed by atoms with Crippen LogP contribution in [0.1, 0.15) is 66.6 Å². The molecular weight excluding hydrogens is 386 g/mol. The third-order valence-corrected chi connectivity index (χ3v) is 5.06. The lowest BCUT2D eigenvalue weighted by Gasteiger charge is -2.09. The molecule has 3 rings (SSSR count). The van der Waals surface area contributed by atoms with Gasteiger partial charge in [0.2, 0.25) is 0 Å². The molecule has 0 spiro atoms. The molecule has 0 bridgehead atoms. The van der Waals surface area contributed by atoms with Gasteiger partial charge in [0.25, 0.3) is 0 Å². The molecule has 0 saturated heterocycles. The molecule has 1 heterocycles. The van der Waals surface area contributed by atoms with Gasteiger partial charge in [-0.1, -0.05) is 51.3 Å². The molecule has 0 radical (unpaired) electrons. The molecule has 0 unspecified atom stereocenters. The summed E-state index contributed by atoms with van der Waals surface area (Å²) in [5, 5.41) is 9.46. The van der Waals surface area contributed by atoms with Crippen LogP contribution in [0.4, 0.5) is 0 Å². The smallest absolute Gasteiger partial charge is 0.343 e. The minimum absolute atomic E-state index is 0.283. The number of hydrogen-bond donors (Lipinski definition) is 0. The topological polar surface area (TPSA) is 75.9 Å². The Labute approximate surface area is 183 Å². The Kier molecular flexibility index (Phi) is 7.89. The molecule has 0 N–H and O–H groups in total. The lowest BCUT2D eigenvalue weighted by molar-refractivity contribution is 0.0734. The third-order valence-electron chi connectivity index (χ3n) is 5.06. The second-order valence-electron chi connectivity index (χ2n) is 7.53. The zero-order valence-corrected chi connectivity index (χ0v) is 18.1. The van der Waals surface area contributed by atoms with E-state index in [1.807, 2.05) is 18.5 Å². The first-order valence-corrected chi connectivity index (χ1v) is 10.8. The van der Waals surface area contributed by atoms with Gasteiger partial charge >= 0.3 is 5.97 Å². The highest BCUT2D eigenvalue weighted by molar-refractivity contribution is 5.91. The van der Waals surface area contributed by atoms with Gasteiger partial charge in [0.05, 0.1) is 11.1 Å². The number of benzene rings is 2. The Balaban J connectivity index is 1.68. The van der Waals surface area contributed by atoms with Crippen LogP contribution in [-0.4, -0.2) is 15.9 Å². The average molecular weight is 414 g/mol. The van der Waals surface area contributed by atoms with Crippen molar-refractivity contribution >= 4 is 5.97 Å². The molecule has 158 valence electrons. The van der Waals surface area contributed by atoms with Crippen LogP contribution in [0.3, 0.4) is 0 Å². The molecule has 0 aliphatic heterocycles. The van der Waals surface area contributed by atoms with Gasteiger partial charge in [0, 0.05) is 18.0 Å². The number of carbonyl (C=O) groups excluding carboxylic acids is 1. The first-order chi connectivity index (χ1) is 15.1. The van der Waals surface area contributed by atoms with E-state index in [1.54, 1.807) is 36.4 Å². The highest BCUT2D eigenvalue weighted by Crippen LogP contribution is 2.23. The minimum atomic E-state index is -0.499. The van der Waals surface area contributed by atoms with E-state index >= 15 is 0 Å². The number of esters is 1. The maximum Gasteiger partial charge on any atom is 0.343 e. The second kappa shape index (κ2) is 11.0. The van der Waals surface area contributed by atoms with E-state index in [4.69, 9.17) is 4.74 Å². The van der Waals surface area contributed by atoms with Crippen molar-refractivity contribution in [3.8, 4) is 23.2 Å². The van der Waals surface area contributed by atoms with Gasteiger partial charge in [-0.15, -0.1) is 0 Å². The Morgan fingerprint density at radius 1 is 0.935 bits per heavy atom. The van der Waals surface area contributed by atoms with E-state index in [9.17, 15) is 10.1 Å². The number of nitriles is 1. The number of rotatable bonds is 9. The van der Waals surface area contributed by atoms with Crippen molar-refractivity contribution in [2.45, 2.75) is 52.4 Å². The van der Waals surface area contributed by atoms with Gasteiger partial charge < -0.3 is 4.74 Å².